The van der Waals surface area contributed by atoms with E-state index in [0.29, 0.717) is 5.82 Å². The molecule has 0 spiro atoms. The second-order valence-corrected chi connectivity index (χ2v) is 15.0. The third-order valence-electron chi connectivity index (χ3n) is 11.3. The number of hydrogen-bond donors (Lipinski definition) is 0. The number of benzene rings is 8. The van der Waals surface area contributed by atoms with Gasteiger partial charge in [0, 0.05) is 38.6 Å². The molecule has 11 aromatic rings. The molecule has 4 heteroatoms. The van der Waals surface area contributed by atoms with Gasteiger partial charge in [0.25, 0.3) is 0 Å². The summed E-state index contributed by atoms with van der Waals surface area (Å²) in [6.07, 6.45) is 0. The molecule has 8 aromatic carbocycles. The number of hydrogen-bond acceptors (Lipinski definition) is 4. The molecule has 0 N–H and O–H groups in total. The topological polar surface area (TPSA) is 51.6 Å². The van der Waals surface area contributed by atoms with Crippen LogP contribution in [0.4, 0.5) is 0 Å². The van der Waals surface area contributed by atoms with Crippen LogP contribution in [0.1, 0.15) is 0 Å². The summed E-state index contributed by atoms with van der Waals surface area (Å²) in [7, 11) is 0. The highest BCUT2D eigenvalue weighted by Crippen LogP contribution is 2.38. The Balaban J connectivity index is 0.958. The predicted molar refractivity (Wildman–Crippen MR) is 248 cm³/mol. The summed E-state index contributed by atoms with van der Waals surface area (Å²) in [5, 5.41) is 4.46. The van der Waals surface area contributed by atoms with E-state index in [-0.39, 0.29) is 0 Å². The van der Waals surface area contributed by atoms with Crippen LogP contribution in [-0.2, 0) is 0 Å². The van der Waals surface area contributed by atoms with E-state index in [4.69, 9.17) is 19.9 Å². The van der Waals surface area contributed by atoms with Crippen LogP contribution in [0.2, 0.25) is 0 Å². The zero-order chi connectivity index (χ0) is 39.8. The Kier molecular flexibility index (Phi) is 8.79. The van der Waals surface area contributed by atoms with Gasteiger partial charge >= 0.3 is 0 Å². The monoisotopic (exact) mass is 764 g/mol. The minimum atomic E-state index is 0.698. The van der Waals surface area contributed by atoms with Gasteiger partial charge in [0.2, 0.25) is 0 Å². The van der Waals surface area contributed by atoms with Crippen molar-refractivity contribution in [1.82, 2.24) is 19.9 Å². The molecule has 0 unspecified atom stereocenters. The Morgan fingerprint density at radius 1 is 0.233 bits per heavy atom. The second kappa shape index (κ2) is 15.0. The van der Waals surface area contributed by atoms with Crippen molar-refractivity contribution in [2.45, 2.75) is 0 Å². The summed E-state index contributed by atoms with van der Waals surface area (Å²) in [6, 6.07) is 76.3. The van der Waals surface area contributed by atoms with Crippen LogP contribution in [0.25, 0.3) is 111 Å². The van der Waals surface area contributed by atoms with Gasteiger partial charge in [0.15, 0.2) is 5.82 Å². The van der Waals surface area contributed by atoms with E-state index in [9.17, 15) is 0 Å². The standard InChI is InChI=1S/C56H36N4/c1-4-12-37(13-5-1)38-20-24-41(25-21-38)52-36-53(60-56(59-52)45-16-8-3-9-17-45)42-26-22-39(23-27-42)46-32-33-49(48-19-11-10-18-47(46)48)51-35-31-44-29-28-43-30-34-50(40-14-6-2-7-15-40)57-54(43)55(44)58-51/h1-36H. The molecule has 0 aliphatic heterocycles. The Labute approximate surface area is 348 Å². The second-order valence-electron chi connectivity index (χ2n) is 15.0. The first kappa shape index (κ1) is 35.1. The molecule has 11 rings (SSSR count). The molecule has 0 aliphatic rings. The molecule has 60 heavy (non-hydrogen) atoms. The minimum Gasteiger partial charge on any atom is -0.245 e. The quantitative estimate of drug-likeness (QED) is 0.152. The largest absolute Gasteiger partial charge is 0.245 e. The molecule has 280 valence electrons. The summed E-state index contributed by atoms with van der Waals surface area (Å²) < 4.78 is 0. The Hall–Kier alpha value is -8.08. The molecule has 3 aromatic heterocycles. The minimum absolute atomic E-state index is 0.698. The third kappa shape index (κ3) is 6.56. The lowest BCUT2D eigenvalue weighted by atomic mass is 9.93. The molecule has 0 fully saturated rings. The molecule has 3 heterocycles. The molecule has 0 atom stereocenters. The molecule has 0 aliphatic carbocycles. The van der Waals surface area contributed by atoms with Crippen molar-refractivity contribution in [2.24, 2.45) is 0 Å². The Morgan fingerprint density at radius 3 is 1.23 bits per heavy atom. The number of rotatable bonds is 7. The average molecular weight is 765 g/mol. The third-order valence-corrected chi connectivity index (χ3v) is 11.3. The molecule has 4 nitrogen and oxygen atoms in total. The van der Waals surface area contributed by atoms with E-state index in [1.807, 2.05) is 42.5 Å². The van der Waals surface area contributed by atoms with Crippen molar-refractivity contribution < 1.29 is 0 Å². The zero-order valence-electron chi connectivity index (χ0n) is 32.6. The number of aromatic nitrogens is 4. The number of nitrogens with zero attached hydrogens (tertiary/aromatic N) is 4. The lowest BCUT2D eigenvalue weighted by Crippen LogP contribution is -1.96. The molecular formula is C56H36N4. The van der Waals surface area contributed by atoms with Gasteiger partial charge < -0.3 is 0 Å². The van der Waals surface area contributed by atoms with Crippen LogP contribution in [0.5, 0.6) is 0 Å². The van der Waals surface area contributed by atoms with Crippen molar-refractivity contribution in [3.8, 4) is 78.7 Å². The number of fused-ring (bicyclic) bond motifs is 4. The summed E-state index contributed by atoms with van der Waals surface area (Å²) in [4.78, 5) is 20.6. The Bertz CT molecular complexity index is 3330. The van der Waals surface area contributed by atoms with Gasteiger partial charge in [0.1, 0.15) is 0 Å². The fourth-order valence-electron chi connectivity index (χ4n) is 8.21. The normalized spacial score (nSPS) is 11.3. The first-order chi connectivity index (χ1) is 29.7. The van der Waals surface area contributed by atoms with Crippen molar-refractivity contribution in [1.29, 1.82) is 0 Å². The lowest BCUT2D eigenvalue weighted by molar-refractivity contribution is 1.18. The number of pyridine rings is 2. The van der Waals surface area contributed by atoms with E-state index in [1.165, 1.54) is 16.5 Å². The van der Waals surface area contributed by atoms with E-state index in [2.05, 4.69) is 176 Å². The first-order valence-corrected chi connectivity index (χ1v) is 20.2. The molecule has 0 amide bonds. The van der Waals surface area contributed by atoms with Crippen LogP contribution in [0.15, 0.2) is 218 Å². The highest BCUT2D eigenvalue weighted by molar-refractivity contribution is 6.07. The molecule has 0 bridgehead atoms. The maximum Gasteiger partial charge on any atom is 0.160 e. The highest BCUT2D eigenvalue weighted by Gasteiger charge is 2.15. The van der Waals surface area contributed by atoms with Crippen LogP contribution in [0.3, 0.4) is 0 Å². The SMILES string of the molecule is c1ccc(-c2ccc(-c3cc(-c4ccc(-c5ccc(-c6ccc7ccc8ccc(-c9ccccc9)nc8c7n6)c6ccccc56)cc4)nc(-c4ccccc4)n3)cc2)cc1. The summed E-state index contributed by atoms with van der Waals surface area (Å²) in [6.45, 7) is 0. The van der Waals surface area contributed by atoms with E-state index < -0.39 is 0 Å². The van der Waals surface area contributed by atoms with Crippen LogP contribution < -0.4 is 0 Å². The molecule has 0 saturated heterocycles. The fourth-order valence-corrected chi connectivity index (χ4v) is 8.21. The van der Waals surface area contributed by atoms with Crippen molar-refractivity contribution in [3.63, 3.8) is 0 Å². The van der Waals surface area contributed by atoms with Gasteiger partial charge in [-0.05, 0) is 51.2 Å². The van der Waals surface area contributed by atoms with Gasteiger partial charge in [-0.25, -0.2) is 19.9 Å². The van der Waals surface area contributed by atoms with E-state index >= 15 is 0 Å². The van der Waals surface area contributed by atoms with Gasteiger partial charge in [0.05, 0.1) is 33.8 Å². The van der Waals surface area contributed by atoms with Crippen LogP contribution in [-0.4, -0.2) is 19.9 Å². The Morgan fingerprint density at radius 2 is 0.633 bits per heavy atom. The van der Waals surface area contributed by atoms with Gasteiger partial charge in [-0.15, -0.1) is 0 Å². The summed E-state index contributed by atoms with van der Waals surface area (Å²) in [5.74, 6) is 0.698. The van der Waals surface area contributed by atoms with Gasteiger partial charge in [-0.3, -0.25) is 0 Å². The van der Waals surface area contributed by atoms with E-state index in [0.717, 1.165) is 88.9 Å². The van der Waals surface area contributed by atoms with Gasteiger partial charge in [-0.1, -0.05) is 200 Å². The summed E-state index contributed by atoms with van der Waals surface area (Å²) in [5.41, 5.74) is 15.3. The van der Waals surface area contributed by atoms with Crippen molar-refractivity contribution in [3.05, 3.63) is 218 Å². The average Bonchev–Trinajstić information content (AvgIpc) is 3.34. The first-order valence-electron chi connectivity index (χ1n) is 20.2. The van der Waals surface area contributed by atoms with Crippen LogP contribution in [0, 0.1) is 0 Å². The molecule has 0 radical (unpaired) electrons. The maximum absolute atomic E-state index is 5.31. The smallest absolute Gasteiger partial charge is 0.160 e. The predicted octanol–water partition coefficient (Wildman–Crippen LogP) is 14.4. The zero-order valence-corrected chi connectivity index (χ0v) is 32.6. The van der Waals surface area contributed by atoms with Crippen molar-refractivity contribution >= 4 is 32.6 Å². The van der Waals surface area contributed by atoms with Crippen LogP contribution >= 0.6 is 0 Å². The lowest BCUT2D eigenvalue weighted by Gasteiger charge is -2.14. The van der Waals surface area contributed by atoms with Gasteiger partial charge in [-0.2, -0.15) is 0 Å². The van der Waals surface area contributed by atoms with E-state index in [1.54, 1.807) is 0 Å². The highest BCUT2D eigenvalue weighted by atomic mass is 14.9. The molecular weight excluding hydrogens is 729 g/mol. The molecule has 0 saturated carbocycles. The fraction of sp³-hybridized carbons (Fsp3) is 0. The summed E-state index contributed by atoms with van der Waals surface area (Å²) >= 11 is 0. The van der Waals surface area contributed by atoms with Crippen molar-refractivity contribution in [2.75, 3.05) is 0 Å². The maximum atomic E-state index is 5.31.